The number of alkyl halides is 2. The fraction of sp³-hybridized carbons (Fsp3) is 0.538. The Hall–Kier alpha value is -0.960. The minimum absolute atomic E-state index is 0.382. The number of rotatable bonds is 5. The van der Waals surface area contributed by atoms with Gasteiger partial charge in [-0.05, 0) is 43.5 Å². The summed E-state index contributed by atoms with van der Waals surface area (Å²) < 4.78 is 25.4. The van der Waals surface area contributed by atoms with Crippen LogP contribution in [0.4, 0.5) is 8.78 Å². The second-order valence-corrected chi connectivity index (χ2v) is 4.12. The van der Waals surface area contributed by atoms with Crippen LogP contribution in [0.3, 0.4) is 0 Å². The predicted molar refractivity (Wildman–Crippen MR) is 63.1 cm³/mol. The second kappa shape index (κ2) is 5.94. The Morgan fingerprint density at radius 2 is 1.88 bits per heavy atom. The average molecular weight is 227 g/mol. The van der Waals surface area contributed by atoms with E-state index in [0.717, 1.165) is 11.1 Å². The lowest BCUT2D eigenvalue weighted by atomic mass is 10.0. The van der Waals surface area contributed by atoms with Crippen LogP contribution in [0.25, 0.3) is 0 Å². The Morgan fingerprint density at radius 3 is 2.38 bits per heavy atom. The maximum absolute atomic E-state index is 12.7. The first-order chi connectivity index (χ1) is 7.54. The number of likely N-dealkylation sites (N-methyl/N-ethyl adjacent to an activating group) is 1. The number of hydrogen-bond acceptors (Lipinski definition) is 1. The fourth-order valence-electron chi connectivity index (χ4n) is 1.70. The van der Waals surface area contributed by atoms with Crippen molar-refractivity contribution in [2.24, 2.45) is 0 Å². The molecule has 3 heteroatoms. The summed E-state index contributed by atoms with van der Waals surface area (Å²) in [5.74, 6) is 0. The Labute approximate surface area is 95.9 Å². The lowest BCUT2D eigenvalue weighted by Gasteiger charge is -2.17. The molecule has 0 aliphatic heterocycles. The van der Waals surface area contributed by atoms with E-state index in [0.29, 0.717) is 13.0 Å². The summed E-state index contributed by atoms with van der Waals surface area (Å²) >= 11 is 0. The molecule has 0 spiro atoms. The highest BCUT2D eigenvalue weighted by Crippen LogP contribution is 2.14. The number of nitrogens with one attached hydrogen (secondary N) is 1. The summed E-state index contributed by atoms with van der Waals surface area (Å²) in [5.41, 5.74) is 3.32. The van der Waals surface area contributed by atoms with Crippen LogP contribution in [0, 0.1) is 13.8 Å². The van der Waals surface area contributed by atoms with E-state index in [1.54, 1.807) is 0 Å². The van der Waals surface area contributed by atoms with Crippen LogP contribution in [0.1, 0.15) is 23.6 Å². The Balaban J connectivity index is 2.73. The molecule has 1 rings (SSSR count). The van der Waals surface area contributed by atoms with Crippen LogP contribution in [-0.2, 0) is 6.42 Å². The molecule has 0 aliphatic rings. The third kappa shape index (κ3) is 3.56. The van der Waals surface area contributed by atoms with E-state index in [-0.39, 0.29) is 0 Å². The van der Waals surface area contributed by atoms with Crippen molar-refractivity contribution in [3.05, 3.63) is 34.9 Å². The van der Waals surface area contributed by atoms with Crippen LogP contribution in [0.5, 0.6) is 0 Å². The van der Waals surface area contributed by atoms with Gasteiger partial charge in [-0.2, -0.15) is 0 Å². The number of benzene rings is 1. The van der Waals surface area contributed by atoms with Gasteiger partial charge in [-0.25, -0.2) is 8.78 Å². The van der Waals surface area contributed by atoms with Crippen molar-refractivity contribution in [2.45, 2.75) is 39.7 Å². The molecule has 0 aliphatic carbocycles. The average Bonchev–Trinajstić information content (AvgIpc) is 2.22. The lowest BCUT2D eigenvalue weighted by Crippen LogP contribution is -2.37. The van der Waals surface area contributed by atoms with Gasteiger partial charge in [0.1, 0.15) is 0 Å². The lowest BCUT2D eigenvalue weighted by molar-refractivity contribution is 0.0991. The van der Waals surface area contributed by atoms with E-state index in [9.17, 15) is 8.78 Å². The minimum Gasteiger partial charge on any atom is -0.309 e. The molecule has 1 atom stereocenters. The molecule has 0 radical (unpaired) electrons. The molecule has 1 nitrogen and oxygen atoms in total. The van der Waals surface area contributed by atoms with E-state index in [1.165, 1.54) is 5.56 Å². The van der Waals surface area contributed by atoms with E-state index in [1.807, 2.05) is 39.0 Å². The topological polar surface area (TPSA) is 12.0 Å². The zero-order valence-corrected chi connectivity index (χ0v) is 10.1. The molecule has 16 heavy (non-hydrogen) atoms. The molecule has 0 saturated carbocycles. The van der Waals surface area contributed by atoms with Gasteiger partial charge in [0, 0.05) is 0 Å². The Kier molecular flexibility index (Phi) is 4.87. The molecule has 0 aromatic heterocycles. The Morgan fingerprint density at radius 1 is 1.19 bits per heavy atom. The van der Waals surface area contributed by atoms with Crippen LogP contribution >= 0.6 is 0 Å². The standard InChI is InChI=1S/C13H19F2N/c1-4-16-12(13(14)15)8-11-6-5-9(2)10(3)7-11/h5-7,12-13,16H,4,8H2,1-3H3. The van der Waals surface area contributed by atoms with Gasteiger partial charge in [-0.1, -0.05) is 25.1 Å². The Bertz CT molecular complexity index is 337. The third-order valence-corrected chi connectivity index (χ3v) is 2.80. The maximum atomic E-state index is 12.7. The van der Waals surface area contributed by atoms with E-state index in [4.69, 9.17) is 0 Å². The summed E-state index contributed by atoms with van der Waals surface area (Å²) in [4.78, 5) is 0. The van der Waals surface area contributed by atoms with Gasteiger partial charge in [-0.15, -0.1) is 0 Å². The number of hydrogen-bond donors (Lipinski definition) is 1. The van der Waals surface area contributed by atoms with Crippen molar-refractivity contribution in [3.63, 3.8) is 0 Å². The fourth-order valence-corrected chi connectivity index (χ4v) is 1.70. The first-order valence-electron chi connectivity index (χ1n) is 5.62. The normalized spacial score (nSPS) is 13.1. The quantitative estimate of drug-likeness (QED) is 0.815. The molecule has 1 aromatic carbocycles. The van der Waals surface area contributed by atoms with Gasteiger partial charge in [-0.3, -0.25) is 0 Å². The van der Waals surface area contributed by atoms with E-state index < -0.39 is 12.5 Å². The summed E-state index contributed by atoms with van der Waals surface area (Å²) in [6.45, 7) is 6.44. The molecule has 0 heterocycles. The maximum Gasteiger partial charge on any atom is 0.254 e. The second-order valence-electron chi connectivity index (χ2n) is 4.12. The highest BCUT2D eigenvalue weighted by Gasteiger charge is 2.19. The van der Waals surface area contributed by atoms with Crippen LogP contribution < -0.4 is 5.32 Å². The largest absolute Gasteiger partial charge is 0.309 e. The number of halogens is 2. The van der Waals surface area contributed by atoms with Crippen molar-refractivity contribution < 1.29 is 8.78 Å². The van der Waals surface area contributed by atoms with Crippen LogP contribution in [0.15, 0.2) is 18.2 Å². The van der Waals surface area contributed by atoms with Crippen LogP contribution in [0.2, 0.25) is 0 Å². The molecule has 0 fully saturated rings. The predicted octanol–water partition coefficient (Wildman–Crippen LogP) is 3.09. The monoisotopic (exact) mass is 227 g/mol. The zero-order chi connectivity index (χ0) is 12.1. The molecule has 1 aromatic rings. The highest BCUT2D eigenvalue weighted by molar-refractivity contribution is 5.30. The molecule has 0 bridgehead atoms. The SMILES string of the molecule is CCNC(Cc1ccc(C)c(C)c1)C(F)F. The smallest absolute Gasteiger partial charge is 0.254 e. The molecule has 90 valence electrons. The molecule has 0 amide bonds. The summed E-state index contributed by atoms with van der Waals surface area (Å²) in [7, 11) is 0. The van der Waals surface area contributed by atoms with Gasteiger partial charge >= 0.3 is 0 Å². The first kappa shape index (κ1) is 13.1. The molecule has 1 N–H and O–H groups in total. The summed E-state index contributed by atoms with van der Waals surface area (Å²) in [5, 5.41) is 2.81. The van der Waals surface area contributed by atoms with Gasteiger partial charge in [0.05, 0.1) is 6.04 Å². The van der Waals surface area contributed by atoms with E-state index >= 15 is 0 Å². The minimum atomic E-state index is -2.32. The van der Waals surface area contributed by atoms with Gasteiger partial charge in [0.25, 0.3) is 6.43 Å². The highest BCUT2D eigenvalue weighted by atomic mass is 19.3. The van der Waals surface area contributed by atoms with E-state index in [2.05, 4.69) is 5.32 Å². The molecular formula is C13H19F2N. The van der Waals surface area contributed by atoms with Gasteiger partial charge in [0.15, 0.2) is 0 Å². The summed E-state index contributed by atoms with van der Waals surface area (Å²) in [6.07, 6.45) is -1.94. The van der Waals surface area contributed by atoms with Crippen molar-refractivity contribution in [1.29, 1.82) is 0 Å². The molecular weight excluding hydrogens is 208 g/mol. The zero-order valence-electron chi connectivity index (χ0n) is 10.1. The first-order valence-corrected chi connectivity index (χ1v) is 5.62. The van der Waals surface area contributed by atoms with Crippen molar-refractivity contribution in [2.75, 3.05) is 6.54 Å². The van der Waals surface area contributed by atoms with Crippen LogP contribution in [-0.4, -0.2) is 19.0 Å². The van der Waals surface area contributed by atoms with Gasteiger partial charge in [0.2, 0.25) is 0 Å². The molecule has 1 unspecified atom stereocenters. The van der Waals surface area contributed by atoms with Crippen molar-refractivity contribution >= 4 is 0 Å². The number of aryl methyl sites for hydroxylation is 2. The van der Waals surface area contributed by atoms with Crippen molar-refractivity contribution in [3.8, 4) is 0 Å². The third-order valence-electron chi connectivity index (χ3n) is 2.80. The molecule has 0 saturated heterocycles. The summed E-state index contributed by atoms with van der Waals surface area (Å²) in [6, 6.07) is 5.16. The van der Waals surface area contributed by atoms with Gasteiger partial charge < -0.3 is 5.32 Å². The van der Waals surface area contributed by atoms with Crippen molar-refractivity contribution in [1.82, 2.24) is 5.32 Å².